The van der Waals surface area contributed by atoms with Crippen molar-refractivity contribution in [2.45, 2.75) is 12.5 Å². The van der Waals surface area contributed by atoms with Gasteiger partial charge in [-0.05, 0) is 43.3 Å². The van der Waals surface area contributed by atoms with E-state index >= 15 is 0 Å². The summed E-state index contributed by atoms with van der Waals surface area (Å²) in [6, 6.07) is 9.82. The molecular weight excluding hydrogens is 359 g/mol. The quantitative estimate of drug-likeness (QED) is 0.721. The summed E-state index contributed by atoms with van der Waals surface area (Å²) in [5, 5.41) is 17.0. The third kappa shape index (κ3) is 4.17. The number of halogens is 3. The highest BCUT2D eigenvalue weighted by Gasteiger charge is 2.28. The molecule has 8 heteroatoms. The molecule has 0 radical (unpaired) electrons. The Kier molecular flexibility index (Phi) is 5.00. The van der Waals surface area contributed by atoms with E-state index in [0.29, 0.717) is 11.8 Å². The number of carbonyl (C=O) groups excluding carboxylic acids is 1. The fraction of sp³-hybridized carbons (Fsp3) is 0.158. The first kappa shape index (κ1) is 18.7. The minimum Gasteiger partial charge on any atom is -0.383 e. The monoisotopic (exact) mass is 375 g/mol. The van der Waals surface area contributed by atoms with Crippen molar-refractivity contribution >= 4 is 5.91 Å². The smallest absolute Gasteiger partial charge is 0.271 e. The minimum absolute atomic E-state index is 0.0645. The Balaban J connectivity index is 1.69. The van der Waals surface area contributed by atoms with Gasteiger partial charge in [-0.25, -0.2) is 17.9 Å². The molecule has 0 aliphatic carbocycles. The highest BCUT2D eigenvalue weighted by atomic mass is 19.1. The van der Waals surface area contributed by atoms with Gasteiger partial charge in [-0.1, -0.05) is 6.07 Å². The number of hydrogen-bond donors (Lipinski definition) is 2. The number of benzene rings is 2. The average Bonchev–Trinajstić information content (AvgIpc) is 3.10. The van der Waals surface area contributed by atoms with E-state index in [1.807, 2.05) is 0 Å². The number of rotatable bonds is 5. The number of nitrogens with zero attached hydrogens (tertiary/aromatic N) is 2. The summed E-state index contributed by atoms with van der Waals surface area (Å²) in [5.74, 6) is -2.64. The molecule has 0 aliphatic heterocycles. The lowest BCUT2D eigenvalue weighted by Gasteiger charge is -2.24. The van der Waals surface area contributed by atoms with Crippen LogP contribution in [0.25, 0.3) is 5.69 Å². The second-order valence-corrected chi connectivity index (χ2v) is 6.20. The molecule has 140 valence electrons. The molecule has 1 atom stereocenters. The van der Waals surface area contributed by atoms with Crippen LogP contribution in [0.5, 0.6) is 0 Å². The van der Waals surface area contributed by atoms with Gasteiger partial charge in [-0.2, -0.15) is 5.10 Å². The topological polar surface area (TPSA) is 67.2 Å². The van der Waals surface area contributed by atoms with E-state index in [0.717, 1.165) is 12.1 Å². The van der Waals surface area contributed by atoms with E-state index in [1.54, 1.807) is 0 Å². The van der Waals surface area contributed by atoms with Crippen LogP contribution in [0.3, 0.4) is 0 Å². The Morgan fingerprint density at radius 2 is 1.78 bits per heavy atom. The molecule has 2 N–H and O–H groups in total. The maximum absolute atomic E-state index is 13.9. The first-order chi connectivity index (χ1) is 12.8. The van der Waals surface area contributed by atoms with Crippen LogP contribution in [0.15, 0.2) is 54.7 Å². The molecule has 3 rings (SSSR count). The van der Waals surface area contributed by atoms with E-state index < -0.39 is 23.1 Å². The van der Waals surface area contributed by atoms with E-state index in [-0.39, 0.29) is 23.6 Å². The van der Waals surface area contributed by atoms with Crippen LogP contribution >= 0.6 is 0 Å². The van der Waals surface area contributed by atoms with Crippen molar-refractivity contribution in [3.63, 3.8) is 0 Å². The molecule has 0 saturated carbocycles. The molecule has 0 aliphatic rings. The second kappa shape index (κ2) is 7.24. The molecule has 2 aromatic carbocycles. The first-order valence-corrected chi connectivity index (χ1v) is 8.04. The molecule has 1 amide bonds. The third-order valence-corrected chi connectivity index (χ3v) is 4.02. The van der Waals surface area contributed by atoms with Crippen molar-refractivity contribution in [2.24, 2.45) is 0 Å². The van der Waals surface area contributed by atoms with Crippen LogP contribution in [-0.4, -0.2) is 27.3 Å². The summed E-state index contributed by atoms with van der Waals surface area (Å²) in [4.78, 5) is 12.2. The molecule has 5 nitrogen and oxygen atoms in total. The molecule has 0 bridgehead atoms. The van der Waals surface area contributed by atoms with Gasteiger partial charge in [0.2, 0.25) is 0 Å². The highest BCUT2D eigenvalue weighted by molar-refractivity contribution is 5.92. The molecule has 1 heterocycles. The predicted molar refractivity (Wildman–Crippen MR) is 91.8 cm³/mol. The van der Waals surface area contributed by atoms with E-state index in [9.17, 15) is 23.1 Å². The summed E-state index contributed by atoms with van der Waals surface area (Å²) in [5.41, 5.74) is -1.25. The van der Waals surface area contributed by atoms with Gasteiger partial charge in [-0.15, -0.1) is 0 Å². The maximum Gasteiger partial charge on any atom is 0.271 e. The van der Waals surface area contributed by atoms with Gasteiger partial charge in [0.15, 0.2) is 5.69 Å². The molecule has 0 fully saturated rings. The maximum atomic E-state index is 13.9. The zero-order chi connectivity index (χ0) is 19.6. The van der Waals surface area contributed by atoms with Gasteiger partial charge in [0.1, 0.15) is 23.1 Å². The number of aromatic nitrogens is 2. The van der Waals surface area contributed by atoms with Gasteiger partial charge in [0, 0.05) is 17.8 Å². The van der Waals surface area contributed by atoms with Gasteiger partial charge in [-0.3, -0.25) is 4.79 Å². The van der Waals surface area contributed by atoms with Crippen molar-refractivity contribution in [1.29, 1.82) is 0 Å². The van der Waals surface area contributed by atoms with Crippen molar-refractivity contribution in [3.05, 3.63) is 83.4 Å². The average molecular weight is 375 g/mol. The van der Waals surface area contributed by atoms with Crippen molar-refractivity contribution in [3.8, 4) is 5.69 Å². The Bertz CT molecular complexity index is 969. The van der Waals surface area contributed by atoms with Gasteiger partial charge in [0.05, 0.1) is 12.2 Å². The number of hydrogen-bond acceptors (Lipinski definition) is 3. The van der Waals surface area contributed by atoms with Crippen LogP contribution < -0.4 is 5.32 Å². The lowest BCUT2D eigenvalue weighted by atomic mass is 9.95. The van der Waals surface area contributed by atoms with E-state index in [2.05, 4.69) is 10.4 Å². The highest BCUT2D eigenvalue weighted by Crippen LogP contribution is 2.23. The normalized spacial score (nSPS) is 13.2. The summed E-state index contributed by atoms with van der Waals surface area (Å²) in [6.45, 7) is 0.999. The van der Waals surface area contributed by atoms with Gasteiger partial charge in [0.25, 0.3) is 5.91 Å². The lowest BCUT2D eigenvalue weighted by Crippen LogP contribution is -2.39. The largest absolute Gasteiger partial charge is 0.383 e. The van der Waals surface area contributed by atoms with Crippen molar-refractivity contribution in [2.75, 3.05) is 6.54 Å². The summed E-state index contributed by atoms with van der Waals surface area (Å²) >= 11 is 0. The Morgan fingerprint density at radius 3 is 2.44 bits per heavy atom. The lowest BCUT2D eigenvalue weighted by molar-refractivity contribution is 0.0493. The van der Waals surface area contributed by atoms with Crippen molar-refractivity contribution in [1.82, 2.24) is 15.1 Å². The van der Waals surface area contributed by atoms with Crippen molar-refractivity contribution < 1.29 is 23.1 Å². The fourth-order valence-corrected chi connectivity index (χ4v) is 2.55. The first-order valence-electron chi connectivity index (χ1n) is 8.04. The predicted octanol–water partition coefficient (Wildman–Crippen LogP) is 2.93. The molecule has 27 heavy (non-hydrogen) atoms. The zero-order valence-corrected chi connectivity index (χ0v) is 14.3. The van der Waals surface area contributed by atoms with Crippen LogP contribution in [-0.2, 0) is 5.60 Å². The van der Waals surface area contributed by atoms with Crippen LogP contribution in [0.1, 0.15) is 23.0 Å². The Morgan fingerprint density at radius 1 is 1.11 bits per heavy atom. The molecular formula is C19H16F3N3O2. The molecule has 0 spiro atoms. The number of nitrogens with one attached hydrogen (secondary N) is 1. The van der Waals surface area contributed by atoms with Crippen LogP contribution in [0, 0.1) is 17.5 Å². The molecule has 0 saturated heterocycles. The summed E-state index contributed by atoms with van der Waals surface area (Å²) in [7, 11) is 0. The van der Waals surface area contributed by atoms with E-state index in [1.165, 1.54) is 48.1 Å². The number of carbonyl (C=O) groups is 1. The standard InChI is InChI=1S/C19H16F3N3O2/c1-19(27,15-7-4-13(21)10-16(15)22)11-23-18(26)17-8-9-25(24-17)14-5-2-12(20)3-6-14/h2-10,27H,11H2,1H3,(H,23,26). The summed E-state index contributed by atoms with van der Waals surface area (Å²) in [6.07, 6.45) is 1.53. The fourth-order valence-electron chi connectivity index (χ4n) is 2.55. The summed E-state index contributed by atoms with van der Waals surface area (Å²) < 4.78 is 41.2. The van der Waals surface area contributed by atoms with Crippen LogP contribution in [0.4, 0.5) is 13.2 Å². The Labute approximate surface area is 153 Å². The zero-order valence-electron chi connectivity index (χ0n) is 14.3. The SMILES string of the molecule is CC(O)(CNC(=O)c1ccn(-c2ccc(F)cc2)n1)c1ccc(F)cc1F. The number of amides is 1. The van der Waals surface area contributed by atoms with Crippen LogP contribution in [0.2, 0.25) is 0 Å². The minimum atomic E-state index is -1.74. The van der Waals surface area contributed by atoms with Gasteiger partial charge < -0.3 is 10.4 Å². The third-order valence-electron chi connectivity index (χ3n) is 4.02. The molecule has 1 aromatic heterocycles. The second-order valence-electron chi connectivity index (χ2n) is 6.20. The molecule has 3 aromatic rings. The Hall–Kier alpha value is -3.13. The molecule has 1 unspecified atom stereocenters. The van der Waals surface area contributed by atoms with E-state index in [4.69, 9.17) is 0 Å². The van der Waals surface area contributed by atoms with Gasteiger partial charge >= 0.3 is 0 Å². The number of aliphatic hydroxyl groups is 1.